The first-order valence-electron chi connectivity index (χ1n) is 3.62. The summed E-state index contributed by atoms with van der Waals surface area (Å²) >= 11 is 8.06. The highest BCUT2D eigenvalue weighted by molar-refractivity contribution is 14.1. The van der Waals surface area contributed by atoms with Crippen LogP contribution < -0.4 is 0 Å². The Kier molecular flexibility index (Phi) is 3.99. The fourth-order valence-corrected chi connectivity index (χ4v) is 1.92. The molecule has 1 aromatic carbocycles. The number of hydrogen-bond acceptors (Lipinski definition) is 2. The van der Waals surface area contributed by atoms with Crippen molar-refractivity contribution < 1.29 is 9.53 Å². The lowest BCUT2D eigenvalue weighted by Gasteiger charge is -2.06. The first-order valence-corrected chi connectivity index (χ1v) is 5.52. The van der Waals surface area contributed by atoms with Crippen LogP contribution in [0.15, 0.2) is 18.2 Å². The van der Waals surface area contributed by atoms with Gasteiger partial charge in [-0.1, -0.05) is 46.3 Å². The smallest absolute Gasteiger partial charge is 0.339 e. The van der Waals surface area contributed by atoms with E-state index in [0.717, 1.165) is 9.99 Å². The molecule has 0 amide bonds. The second kappa shape index (κ2) is 4.81. The lowest BCUT2D eigenvalue weighted by atomic mass is 10.1. The molecule has 0 unspecified atom stereocenters. The monoisotopic (exact) mass is 310 g/mol. The Labute approximate surface area is 95.4 Å². The van der Waals surface area contributed by atoms with E-state index in [1.165, 1.54) is 7.11 Å². The van der Waals surface area contributed by atoms with Gasteiger partial charge in [-0.25, -0.2) is 4.79 Å². The first kappa shape index (κ1) is 10.8. The van der Waals surface area contributed by atoms with Crippen molar-refractivity contribution in [3.8, 4) is 0 Å². The van der Waals surface area contributed by atoms with E-state index in [4.69, 9.17) is 11.6 Å². The number of alkyl halides is 1. The van der Waals surface area contributed by atoms with Gasteiger partial charge in [0.1, 0.15) is 0 Å². The van der Waals surface area contributed by atoms with Crippen molar-refractivity contribution in [1.29, 1.82) is 0 Å². The predicted molar refractivity (Wildman–Crippen MR) is 60.5 cm³/mol. The summed E-state index contributed by atoms with van der Waals surface area (Å²) in [5, 5.41) is 0.445. The van der Waals surface area contributed by atoms with Gasteiger partial charge in [0.25, 0.3) is 0 Å². The van der Waals surface area contributed by atoms with Gasteiger partial charge in [-0.2, -0.15) is 0 Å². The Morgan fingerprint density at radius 1 is 1.62 bits per heavy atom. The van der Waals surface area contributed by atoms with Gasteiger partial charge in [0.15, 0.2) is 0 Å². The van der Waals surface area contributed by atoms with Crippen LogP contribution in [0.1, 0.15) is 15.9 Å². The number of carbonyl (C=O) groups excluding carboxylic acids is 1. The van der Waals surface area contributed by atoms with E-state index in [9.17, 15) is 4.79 Å². The van der Waals surface area contributed by atoms with Crippen molar-refractivity contribution in [1.82, 2.24) is 0 Å². The molecule has 0 bridgehead atoms. The topological polar surface area (TPSA) is 26.3 Å². The second-order valence-corrected chi connectivity index (χ2v) is 3.57. The molecule has 4 heteroatoms. The summed E-state index contributed by atoms with van der Waals surface area (Å²) in [7, 11) is 1.35. The summed E-state index contributed by atoms with van der Waals surface area (Å²) < 4.78 is 5.37. The molecule has 0 saturated heterocycles. The average molecular weight is 311 g/mol. The quantitative estimate of drug-likeness (QED) is 0.477. The first-order chi connectivity index (χ1) is 6.20. The number of esters is 1. The van der Waals surface area contributed by atoms with Crippen molar-refractivity contribution in [2.24, 2.45) is 0 Å². The molecule has 0 aliphatic heterocycles. The van der Waals surface area contributed by atoms with Gasteiger partial charge >= 0.3 is 5.97 Å². The van der Waals surface area contributed by atoms with Gasteiger partial charge in [0.05, 0.1) is 17.7 Å². The molecular weight excluding hydrogens is 302 g/mol. The number of ether oxygens (including phenoxy) is 1. The molecular formula is C9H8ClIO2. The van der Waals surface area contributed by atoms with Gasteiger partial charge in [0, 0.05) is 4.43 Å². The van der Waals surface area contributed by atoms with Gasteiger partial charge in [-0.3, -0.25) is 0 Å². The third-order valence-electron chi connectivity index (χ3n) is 1.63. The van der Waals surface area contributed by atoms with Crippen molar-refractivity contribution in [3.63, 3.8) is 0 Å². The largest absolute Gasteiger partial charge is 0.465 e. The molecule has 70 valence electrons. The van der Waals surface area contributed by atoms with Gasteiger partial charge in [-0.15, -0.1) is 0 Å². The predicted octanol–water partition coefficient (Wildman–Crippen LogP) is 3.06. The van der Waals surface area contributed by atoms with E-state index in [-0.39, 0.29) is 5.97 Å². The molecule has 0 heterocycles. The Morgan fingerprint density at radius 3 is 2.85 bits per heavy atom. The summed E-state index contributed by atoms with van der Waals surface area (Å²) in [5.41, 5.74) is 1.38. The number of methoxy groups -OCH3 is 1. The molecule has 0 aliphatic rings. The molecule has 13 heavy (non-hydrogen) atoms. The van der Waals surface area contributed by atoms with Crippen LogP contribution in [0.25, 0.3) is 0 Å². The van der Waals surface area contributed by atoms with Crippen LogP contribution in [0.3, 0.4) is 0 Å². The molecule has 0 radical (unpaired) electrons. The fourth-order valence-electron chi connectivity index (χ4n) is 1.01. The minimum atomic E-state index is -0.378. The van der Waals surface area contributed by atoms with Crippen LogP contribution in [0.5, 0.6) is 0 Å². The van der Waals surface area contributed by atoms with Crippen molar-refractivity contribution >= 4 is 40.2 Å². The van der Waals surface area contributed by atoms with Crippen LogP contribution >= 0.6 is 34.2 Å². The van der Waals surface area contributed by atoms with Crippen LogP contribution in [0, 0.1) is 0 Å². The maximum absolute atomic E-state index is 11.3. The zero-order valence-electron chi connectivity index (χ0n) is 7.01. The zero-order chi connectivity index (χ0) is 9.84. The zero-order valence-corrected chi connectivity index (χ0v) is 9.93. The number of halogens is 2. The third kappa shape index (κ3) is 2.34. The van der Waals surface area contributed by atoms with E-state index in [2.05, 4.69) is 27.3 Å². The van der Waals surface area contributed by atoms with E-state index in [0.29, 0.717) is 10.6 Å². The Balaban J connectivity index is 3.22. The summed E-state index contributed by atoms with van der Waals surface area (Å²) in [4.78, 5) is 11.3. The van der Waals surface area contributed by atoms with Crippen LogP contribution in [-0.2, 0) is 9.16 Å². The number of rotatable bonds is 2. The standard InChI is InChI=1S/C9H8ClIO2/c1-13-9(12)8-6(5-11)3-2-4-7(8)10/h2-4H,5H2,1H3. The summed E-state index contributed by atoms with van der Waals surface area (Å²) in [6.45, 7) is 0. The average Bonchev–Trinajstić information content (AvgIpc) is 2.16. The molecule has 0 atom stereocenters. The Morgan fingerprint density at radius 2 is 2.31 bits per heavy atom. The third-order valence-corrected chi connectivity index (χ3v) is 2.77. The van der Waals surface area contributed by atoms with Crippen molar-refractivity contribution in [2.75, 3.05) is 7.11 Å². The Hall–Kier alpha value is -0.290. The van der Waals surface area contributed by atoms with E-state index >= 15 is 0 Å². The SMILES string of the molecule is COC(=O)c1c(Cl)cccc1CI. The molecule has 0 aromatic heterocycles. The summed E-state index contributed by atoms with van der Waals surface area (Å²) in [6, 6.07) is 5.37. The van der Waals surface area contributed by atoms with Gasteiger partial charge in [0.2, 0.25) is 0 Å². The molecule has 0 saturated carbocycles. The van der Waals surface area contributed by atoms with Gasteiger partial charge in [-0.05, 0) is 11.6 Å². The highest BCUT2D eigenvalue weighted by atomic mass is 127. The molecule has 1 rings (SSSR count). The Bertz CT molecular complexity index is 325. The lowest BCUT2D eigenvalue weighted by Crippen LogP contribution is -2.05. The number of carbonyl (C=O) groups is 1. The maximum atomic E-state index is 11.3. The van der Waals surface area contributed by atoms with E-state index in [1.54, 1.807) is 6.07 Å². The summed E-state index contributed by atoms with van der Waals surface area (Å²) in [6.07, 6.45) is 0. The van der Waals surface area contributed by atoms with E-state index in [1.807, 2.05) is 12.1 Å². The normalized spacial score (nSPS) is 9.77. The highest BCUT2D eigenvalue weighted by Gasteiger charge is 2.14. The lowest BCUT2D eigenvalue weighted by molar-refractivity contribution is 0.0600. The minimum absolute atomic E-state index is 0.378. The molecule has 1 aromatic rings. The molecule has 2 nitrogen and oxygen atoms in total. The second-order valence-electron chi connectivity index (χ2n) is 2.40. The molecule has 0 aliphatic carbocycles. The van der Waals surface area contributed by atoms with Crippen molar-refractivity contribution in [2.45, 2.75) is 4.43 Å². The number of hydrogen-bond donors (Lipinski definition) is 0. The minimum Gasteiger partial charge on any atom is -0.465 e. The molecule has 0 N–H and O–H groups in total. The van der Waals surface area contributed by atoms with Crippen LogP contribution in [-0.4, -0.2) is 13.1 Å². The van der Waals surface area contributed by atoms with Crippen LogP contribution in [0.2, 0.25) is 5.02 Å². The fraction of sp³-hybridized carbons (Fsp3) is 0.222. The van der Waals surface area contributed by atoms with Crippen LogP contribution in [0.4, 0.5) is 0 Å². The molecule has 0 spiro atoms. The van der Waals surface area contributed by atoms with Gasteiger partial charge < -0.3 is 4.74 Å². The molecule has 0 fully saturated rings. The van der Waals surface area contributed by atoms with E-state index < -0.39 is 0 Å². The number of benzene rings is 1. The summed E-state index contributed by atoms with van der Waals surface area (Å²) in [5.74, 6) is -0.378. The maximum Gasteiger partial charge on any atom is 0.339 e. The highest BCUT2D eigenvalue weighted by Crippen LogP contribution is 2.22. The van der Waals surface area contributed by atoms with Crippen molar-refractivity contribution in [3.05, 3.63) is 34.3 Å².